The van der Waals surface area contributed by atoms with Crippen LogP contribution >= 0.6 is 0 Å². The number of hydrogen-bond donors (Lipinski definition) is 0. The van der Waals surface area contributed by atoms with E-state index in [1.165, 1.54) is 0 Å². The lowest BCUT2D eigenvalue weighted by Crippen LogP contribution is -2.38. The van der Waals surface area contributed by atoms with E-state index in [1.54, 1.807) is 0 Å². The number of alkyl halides is 10. The molecule has 0 bridgehead atoms. The van der Waals surface area contributed by atoms with Gasteiger partial charge in [0.2, 0.25) is 0 Å². The first-order valence-electron chi connectivity index (χ1n) is 5.78. The Labute approximate surface area is 122 Å². The van der Waals surface area contributed by atoms with Gasteiger partial charge in [-0.15, -0.1) is 0 Å². The third-order valence-electron chi connectivity index (χ3n) is 2.92. The van der Waals surface area contributed by atoms with E-state index in [1.807, 2.05) is 0 Å². The molecule has 0 aliphatic carbocycles. The summed E-state index contributed by atoms with van der Waals surface area (Å²) in [5.74, 6) is -11.4. The maximum absolute atomic E-state index is 13.4. The first-order valence-corrected chi connectivity index (χ1v) is 5.78. The Hall–Kier alpha value is -1.52. The van der Waals surface area contributed by atoms with Crippen LogP contribution < -0.4 is 0 Å². The van der Waals surface area contributed by atoms with Crippen LogP contribution in [0.25, 0.3) is 0 Å². The summed E-state index contributed by atoms with van der Waals surface area (Å²) in [6, 6.07) is 0.348. The summed E-state index contributed by atoms with van der Waals surface area (Å²) in [7, 11) is 0. The lowest BCUT2D eigenvalue weighted by atomic mass is 9.90. The van der Waals surface area contributed by atoms with Gasteiger partial charge in [0.15, 0.2) is 0 Å². The van der Waals surface area contributed by atoms with Crippen LogP contribution in [0.1, 0.15) is 16.7 Å². The molecule has 0 heterocycles. The van der Waals surface area contributed by atoms with E-state index in [4.69, 9.17) is 0 Å². The normalized spacial score (nSPS) is 14.2. The van der Waals surface area contributed by atoms with Crippen molar-refractivity contribution in [2.24, 2.45) is 0 Å². The molecule has 0 saturated carbocycles. The number of hydrogen-bond acceptors (Lipinski definition) is 0. The molecule has 0 N–H and O–H groups in total. The highest BCUT2D eigenvalue weighted by atomic mass is 19.4. The largest absolute Gasteiger partial charge is 0.458 e. The van der Waals surface area contributed by atoms with Gasteiger partial charge in [0.25, 0.3) is 0 Å². The molecule has 1 aromatic rings. The van der Waals surface area contributed by atoms with Gasteiger partial charge in [0.1, 0.15) is 0 Å². The van der Waals surface area contributed by atoms with Gasteiger partial charge < -0.3 is 0 Å². The minimum Gasteiger partial charge on any atom is -0.236 e. The average Bonchev–Trinajstić information content (AvgIpc) is 2.36. The molecule has 0 fully saturated rings. The molecule has 1 rings (SSSR count). The molecule has 11 heteroatoms. The lowest BCUT2D eigenvalue weighted by Gasteiger charge is -2.27. The molecule has 0 atom stereocenters. The van der Waals surface area contributed by atoms with Crippen molar-refractivity contribution < 1.29 is 49.0 Å². The maximum Gasteiger partial charge on any atom is 0.458 e. The predicted molar refractivity (Wildman–Crippen MR) is 55.6 cm³/mol. The van der Waals surface area contributed by atoms with Gasteiger partial charge in [-0.05, 0) is 12.0 Å². The second kappa shape index (κ2) is 5.84. The van der Waals surface area contributed by atoms with Crippen LogP contribution in [0.3, 0.4) is 0 Å². The van der Waals surface area contributed by atoms with Crippen LogP contribution in [0, 0.1) is 0 Å². The van der Waals surface area contributed by atoms with Crippen molar-refractivity contribution in [1.82, 2.24) is 0 Å². The summed E-state index contributed by atoms with van der Waals surface area (Å²) in [5.41, 5.74) is -5.85. The molecule has 0 unspecified atom stereocenters. The summed E-state index contributed by atoms with van der Waals surface area (Å²) in [5, 5.41) is 10.5. The molecular formula is C12H7F10O. The maximum atomic E-state index is 13.4. The van der Waals surface area contributed by atoms with E-state index >= 15 is 0 Å². The van der Waals surface area contributed by atoms with E-state index in [-0.39, 0.29) is 18.2 Å². The van der Waals surface area contributed by atoms with Crippen LogP contribution in [0.15, 0.2) is 18.2 Å². The summed E-state index contributed by atoms with van der Waals surface area (Å²) < 4.78 is 128. The van der Waals surface area contributed by atoms with Gasteiger partial charge in [-0.3, -0.25) is 0 Å². The predicted octanol–water partition coefficient (Wildman–Crippen LogP) is 4.97. The smallest absolute Gasteiger partial charge is 0.236 e. The molecular weight excluding hydrogens is 350 g/mol. The van der Waals surface area contributed by atoms with E-state index < -0.39 is 53.9 Å². The Kier molecular flexibility index (Phi) is 4.96. The first-order chi connectivity index (χ1) is 10.2. The van der Waals surface area contributed by atoms with Crippen molar-refractivity contribution in [3.05, 3.63) is 34.9 Å². The minimum atomic E-state index is -6.23. The standard InChI is InChI=1S/C12H7F10O/c13-9(14,11(17,18)19)7-2-1-3-8(6(7)4-5-23)10(15,16)12(20,21)22/h1-3H,4-5H2. The fourth-order valence-electron chi connectivity index (χ4n) is 1.85. The van der Waals surface area contributed by atoms with Gasteiger partial charge in [-0.2, -0.15) is 43.9 Å². The highest BCUT2D eigenvalue weighted by Crippen LogP contribution is 2.50. The van der Waals surface area contributed by atoms with Crippen LogP contribution in [-0.4, -0.2) is 19.0 Å². The van der Waals surface area contributed by atoms with Crippen molar-refractivity contribution in [2.45, 2.75) is 30.6 Å². The molecule has 131 valence electrons. The lowest BCUT2D eigenvalue weighted by molar-refractivity contribution is -0.292. The van der Waals surface area contributed by atoms with Gasteiger partial charge in [0.05, 0.1) is 6.61 Å². The fraction of sp³-hybridized carbons (Fsp3) is 0.500. The van der Waals surface area contributed by atoms with Gasteiger partial charge in [-0.25, -0.2) is 5.11 Å². The molecule has 0 aromatic heterocycles. The minimum absolute atomic E-state index is 0.0639. The zero-order valence-electron chi connectivity index (χ0n) is 10.8. The van der Waals surface area contributed by atoms with Crippen molar-refractivity contribution in [2.75, 3.05) is 6.61 Å². The highest BCUT2D eigenvalue weighted by molar-refractivity contribution is 5.42. The molecule has 0 aliphatic rings. The number of halogens is 10. The Balaban J connectivity index is 3.69. The Morgan fingerprint density at radius 1 is 0.696 bits per heavy atom. The third kappa shape index (κ3) is 3.38. The summed E-state index contributed by atoms with van der Waals surface area (Å²) >= 11 is 0. The van der Waals surface area contributed by atoms with Crippen LogP contribution in [0.4, 0.5) is 43.9 Å². The first kappa shape index (κ1) is 19.5. The van der Waals surface area contributed by atoms with E-state index in [0.29, 0.717) is 0 Å². The molecule has 1 aromatic carbocycles. The van der Waals surface area contributed by atoms with Gasteiger partial charge in [-0.1, -0.05) is 18.2 Å². The van der Waals surface area contributed by atoms with Crippen molar-refractivity contribution in [3.63, 3.8) is 0 Å². The molecule has 0 aliphatic heterocycles. The Bertz CT molecular complexity index is 514. The SMILES string of the molecule is [O]CCc1c(C(F)(F)C(F)(F)F)cccc1C(F)(F)C(F)(F)F. The number of benzene rings is 1. The molecule has 0 amide bonds. The topological polar surface area (TPSA) is 19.9 Å². The van der Waals surface area contributed by atoms with Crippen LogP contribution in [-0.2, 0) is 23.4 Å². The van der Waals surface area contributed by atoms with E-state index in [2.05, 4.69) is 0 Å². The molecule has 23 heavy (non-hydrogen) atoms. The fourth-order valence-corrected chi connectivity index (χ4v) is 1.85. The summed E-state index contributed by atoms with van der Waals surface area (Å²) in [6.07, 6.45) is -13.8. The van der Waals surface area contributed by atoms with E-state index in [9.17, 15) is 49.0 Å². The second-order valence-electron chi connectivity index (χ2n) is 4.43. The quantitative estimate of drug-likeness (QED) is 0.679. The van der Waals surface area contributed by atoms with Crippen LogP contribution in [0.5, 0.6) is 0 Å². The zero-order valence-corrected chi connectivity index (χ0v) is 10.8. The van der Waals surface area contributed by atoms with Gasteiger partial charge >= 0.3 is 24.2 Å². The van der Waals surface area contributed by atoms with Crippen LogP contribution in [0.2, 0.25) is 0 Å². The zero-order chi connectivity index (χ0) is 18.3. The number of rotatable bonds is 4. The molecule has 1 nitrogen and oxygen atoms in total. The van der Waals surface area contributed by atoms with E-state index in [0.717, 1.165) is 0 Å². The third-order valence-corrected chi connectivity index (χ3v) is 2.92. The summed E-state index contributed by atoms with van der Waals surface area (Å²) in [6.45, 7) is -1.45. The second-order valence-corrected chi connectivity index (χ2v) is 4.43. The Morgan fingerprint density at radius 3 is 1.30 bits per heavy atom. The molecule has 0 spiro atoms. The van der Waals surface area contributed by atoms with Crippen molar-refractivity contribution >= 4 is 0 Å². The van der Waals surface area contributed by atoms with Crippen molar-refractivity contribution in [1.29, 1.82) is 0 Å². The Morgan fingerprint density at radius 2 is 1.04 bits per heavy atom. The van der Waals surface area contributed by atoms with Crippen molar-refractivity contribution in [3.8, 4) is 0 Å². The molecule has 0 saturated heterocycles. The highest BCUT2D eigenvalue weighted by Gasteiger charge is 2.63. The summed E-state index contributed by atoms with van der Waals surface area (Å²) in [4.78, 5) is 0. The monoisotopic (exact) mass is 357 g/mol. The average molecular weight is 357 g/mol. The van der Waals surface area contributed by atoms with Gasteiger partial charge in [0, 0.05) is 11.1 Å². The molecule has 1 radical (unpaired) electrons.